The van der Waals surface area contributed by atoms with Crippen molar-refractivity contribution in [3.63, 3.8) is 0 Å². The van der Waals surface area contributed by atoms with E-state index in [0.717, 1.165) is 24.9 Å². The number of fused-ring (bicyclic) bond motifs is 1. The Hall–Kier alpha value is -2.73. The molecule has 0 spiro atoms. The summed E-state index contributed by atoms with van der Waals surface area (Å²) >= 11 is 0. The van der Waals surface area contributed by atoms with E-state index in [1.54, 1.807) is 6.92 Å². The lowest BCUT2D eigenvalue weighted by Crippen LogP contribution is -2.37. The zero-order chi connectivity index (χ0) is 18.8. The van der Waals surface area contributed by atoms with Crippen molar-refractivity contribution in [2.75, 3.05) is 33.2 Å². The third kappa shape index (κ3) is 3.71. The van der Waals surface area contributed by atoms with Gasteiger partial charge in [0.25, 0.3) is 5.91 Å². The highest BCUT2D eigenvalue weighted by Crippen LogP contribution is 2.22. The van der Waals surface area contributed by atoms with Gasteiger partial charge in [-0.15, -0.1) is 0 Å². The van der Waals surface area contributed by atoms with Gasteiger partial charge in [-0.05, 0) is 37.3 Å². The van der Waals surface area contributed by atoms with Gasteiger partial charge in [-0.1, -0.05) is 24.3 Å². The molecule has 140 valence electrons. The van der Waals surface area contributed by atoms with E-state index >= 15 is 0 Å². The quantitative estimate of drug-likeness (QED) is 0.715. The third-order valence-electron chi connectivity index (χ3n) is 5.29. The van der Waals surface area contributed by atoms with Crippen LogP contribution in [0.1, 0.15) is 21.8 Å². The van der Waals surface area contributed by atoms with E-state index in [-0.39, 0.29) is 5.91 Å². The fourth-order valence-corrected chi connectivity index (χ4v) is 3.91. The van der Waals surface area contributed by atoms with Crippen molar-refractivity contribution in [3.05, 3.63) is 60.1 Å². The number of rotatable bonds is 3. The second-order valence-electron chi connectivity index (χ2n) is 7.36. The van der Waals surface area contributed by atoms with Crippen LogP contribution in [-0.4, -0.2) is 58.9 Å². The first-order chi connectivity index (χ1) is 13.1. The molecule has 0 saturated carbocycles. The molecule has 0 aliphatic carbocycles. The van der Waals surface area contributed by atoms with E-state index in [1.807, 2.05) is 23.4 Å². The Morgan fingerprint density at radius 1 is 1.22 bits per heavy atom. The van der Waals surface area contributed by atoms with Gasteiger partial charge in [-0.2, -0.15) is 0 Å². The summed E-state index contributed by atoms with van der Waals surface area (Å²) in [5, 5.41) is 2.40. The summed E-state index contributed by atoms with van der Waals surface area (Å²) in [7, 11) is 2.11. The maximum atomic E-state index is 12.9. The van der Waals surface area contributed by atoms with Crippen molar-refractivity contribution in [2.24, 2.45) is 5.92 Å². The van der Waals surface area contributed by atoms with E-state index in [4.69, 9.17) is 4.42 Å². The molecule has 2 aromatic heterocycles. The number of pyridine rings is 1. The molecule has 0 N–H and O–H groups in total. The van der Waals surface area contributed by atoms with Gasteiger partial charge in [0.05, 0.1) is 0 Å². The number of aryl methyl sites for hydroxylation is 1. The first-order valence-electron chi connectivity index (χ1n) is 9.31. The lowest BCUT2D eigenvalue weighted by molar-refractivity contribution is 0.0739. The predicted molar refractivity (Wildman–Crippen MR) is 104 cm³/mol. The summed E-state index contributed by atoms with van der Waals surface area (Å²) in [6.07, 6.45) is 6.09. The molecule has 0 radical (unpaired) electrons. The average Bonchev–Trinajstić information content (AvgIpc) is 3.01. The van der Waals surface area contributed by atoms with E-state index in [0.29, 0.717) is 30.5 Å². The van der Waals surface area contributed by atoms with Gasteiger partial charge in [-0.25, -0.2) is 4.98 Å². The summed E-state index contributed by atoms with van der Waals surface area (Å²) in [4.78, 5) is 25.7. The van der Waals surface area contributed by atoms with Crippen molar-refractivity contribution in [1.82, 2.24) is 19.8 Å². The van der Waals surface area contributed by atoms with Crippen LogP contribution >= 0.6 is 0 Å². The minimum Gasteiger partial charge on any atom is -0.448 e. The second kappa shape index (κ2) is 7.48. The zero-order valence-electron chi connectivity index (χ0n) is 15.8. The Morgan fingerprint density at radius 2 is 2.07 bits per heavy atom. The fraction of sp³-hybridized carbons (Fsp3) is 0.381. The maximum Gasteiger partial charge on any atom is 0.276 e. The number of hydrogen-bond donors (Lipinski definition) is 0. The van der Waals surface area contributed by atoms with E-state index < -0.39 is 0 Å². The van der Waals surface area contributed by atoms with Crippen LogP contribution in [0, 0.1) is 12.8 Å². The highest BCUT2D eigenvalue weighted by Gasteiger charge is 2.27. The molecule has 0 bridgehead atoms. The molecule has 1 fully saturated rings. The van der Waals surface area contributed by atoms with Crippen LogP contribution in [0.3, 0.4) is 0 Å². The Morgan fingerprint density at radius 3 is 2.89 bits per heavy atom. The van der Waals surface area contributed by atoms with Crippen LogP contribution in [-0.2, 0) is 6.42 Å². The first kappa shape index (κ1) is 17.7. The van der Waals surface area contributed by atoms with Gasteiger partial charge in [0.1, 0.15) is 5.76 Å². The van der Waals surface area contributed by atoms with Crippen LogP contribution in [0.4, 0.5) is 0 Å². The number of amides is 1. The number of likely N-dealkylation sites (N-methyl/N-ethyl adjacent to an activating group) is 1. The largest absolute Gasteiger partial charge is 0.448 e. The molecule has 6 heteroatoms. The molecule has 4 rings (SSSR count). The molecular formula is C21H24N4O2. The van der Waals surface area contributed by atoms with E-state index in [1.165, 1.54) is 17.3 Å². The first-order valence-corrected chi connectivity index (χ1v) is 9.31. The summed E-state index contributed by atoms with van der Waals surface area (Å²) in [5.74, 6) is 0.867. The lowest BCUT2D eigenvalue weighted by atomic mass is 9.96. The monoisotopic (exact) mass is 364 g/mol. The summed E-state index contributed by atoms with van der Waals surface area (Å²) < 4.78 is 5.22. The smallest absolute Gasteiger partial charge is 0.276 e. The molecule has 1 aliphatic rings. The number of hydrogen-bond acceptors (Lipinski definition) is 5. The van der Waals surface area contributed by atoms with Gasteiger partial charge < -0.3 is 14.2 Å². The van der Waals surface area contributed by atoms with Gasteiger partial charge in [0.15, 0.2) is 12.1 Å². The minimum absolute atomic E-state index is 0.0439. The number of benzene rings is 1. The highest BCUT2D eigenvalue weighted by atomic mass is 16.3. The number of carbonyl (C=O) groups excluding carboxylic acids is 1. The lowest BCUT2D eigenvalue weighted by Gasteiger charge is -2.24. The second-order valence-corrected chi connectivity index (χ2v) is 7.36. The summed E-state index contributed by atoms with van der Waals surface area (Å²) in [5.41, 5.74) is 1.66. The van der Waals surface area contributed by atoms with Crippen molar-refractivity contribution in [2.45, 2.75) is 13.3 Å². The minimum atomic E-state index is -0.0439. The topological polar surface area (TPSA) is 62.5 Å². The number of aromatic nitrogens is 2. The normalized spacial score (nSPS) is 18.6. The Bertz CT molecular complexity index is 947. The Labute approximate surface area is 158 Å². The van der Waals surface area contributed by atoms with E-state index in [2.05, 4.69) is 40.1 Å². The van der Waals surface area contributed by atoms with Gasteiger partial charge in [0.2, 0.25) is 0 Å². The number of nitrogens with zero attached hydrogens (tertiary/aromatic N) is 4. The number of oxazole rings is 1. The third-order valence-corrected chi connectivity index (χ3v) is 5.29. The molecule has 3 heterocycles. The molecule has 1 saturated heterocycles. The number of carbonyl (C=O) groups is 1. The molecule has 1 amide bonds. The predicted octanol–water partition coefficient (Wildman–Crippen LogP) is 2.78. The van der Waals surface area contributed by atoms with Crippen LogP contribution in [0.25, 0.3) is 10.8 Å². The van der Waals surface area contributed by atoms with Gasteiger partial charge >= 0.3 is 0 Å². The van der Waals surface area contributed by atoms with Crippen LogP contribution in [0.2, 0.25) is 0 Å². The summed E-state index contributed by atoms with van der Waals surface area (Å²) in [6.45, 7) is 4.99. The molecule has 27 heavy (non-hydrogen) atoms. The van der Waals surface area contributed by atoms with Crippen LogP contribution in [0.15, 0.2) is 47.5 Å². The fourth-order valence-electron chi connectivity index (χ4n) is 3.91. The maximum absolute atomic E-state index is 12.9. The molecular weight excluding hydrogens is 340 g/mol. The van der Waals surface area contributed by atoms with E-state index in [9.17, 15) is 4.79 Å². The van der Waals surface area contributed by atoms with Crippen molar-refractivity contribution >= 4 is 16.7 Å². The molecule has 3 aromatic rings. The zero-order valence-corrected chi connectivity index (χ0v) is 15.8. The van der Waals surface area contributed by atoms with Gasteiger partial charge in [-0.3, -0.25) is 9.78 Å². The standard InChI is InChI=1S/C21H24N4O2/c1-15-20(23-14-27-15)21(26)25-8-7-24(2)12-16(13-25)9-18-11-22-10-17-5-3-4-6-19(17)18/h3-6,10-11,14,16H,7-9,12-13H2,1-2H3/t16-/m1/s1. The molecule has 1 aromatic carbocycles. The SMILES string of the molecule is Cc1ocnc1C(=O)N1CCN(C)C[C@@H](Cc2cncc3ccccc23)C1. The Balaban J connectivity index is 1.57. The molecule has 6 nitrogen and oxygen atoms in total. The highest BCUT2D eigenvalue weighted by molar-refractivity contribution is 5.93. The van der Waals surface area contributed by atoms with Crippen LogP contribution in [0.5, 0.6) is 0 Å². The van der Waals surface area contributed by atoms with Crippen molar-refractivity contribution in [3.8, 4) is 0 Å². The molecule has 1 aliphatic heterocycles. The molecule has 0 unspecified atom stereocenters. The average molecular weight is 364 g/mol. The molecule has 1 atom stereocenters. The summed E-state index contributed by atoms with van der Waals surface area (Å²) in [6, 6.07) is 8.34. The Kier molecular flexibility index (Phi) is 4.90. The van der Waals surface area contributed by atoms with Crippen molar-refractivity contribution < 1.29 is 9.21 Å². The van der Waals surface area contributed by atoms with Crippen molar-refractivity contribution in [1.29, 1.82) is 0 Å². The van der Waals surface area contributed by atoms with Crippen LogP contribution < -0.4 is 0 Å². The van der Waals surface area contributed by atoms with Gasteiger partial charge in [0, 0.05) is 44.0 Å².